The van der Waals surface area contributed by atoms with Gasteiger partial charge in [0.25, 0.3) is 0 Å². The maximum absolute atomic E-state index is 13.0. The van der Waals surface area contributed by atoms with Crippen LogP contribution in [0.2, 0.25) is 5.02 Å². The van der Waals surface area contributed by atoms with Gasteiger partial charge < -0.3 is 10.6 Å². The minimum absolute atomic E-state index is 0.0510. The SMILES string of the molecule is CN(CC(=O)Nc1ccc(F)c(Cl)c1)CC(=O)NC1CC1. The van der Waals surface area contributed by atoms with Gasteiger partial charge >= 0.3 is 0 Å². The second-order valence-electron chi connectivity index (χ2n) is 5.19. The standard InChI is InChI=1S/C14H17ClFN3O2/c1-19(7-13(20)17-9-2-3-9)8-14(21)18-10-4-5-12(16)11(15)6-10/h4-6,9H,2-3,7-8H2,1H3,(H,17,20)(H,18,21). The number of likely N-dealkylation sites (N-methyl/N-ethyl adjacent to an activating group) is 1. The third-order valence-electron chi connectivity index (χ3n) is 2.97. The minimum atomic E-state index is -0.538. The fraction of sp³-hybridized carbons (Fsp3) is 0.429. The Kier molecular flexibility index (Phi) is 5.14. The summed E-state index contributed by atoms with van der Waals surface area (Å²) in [5.74, 6) is -0.916. The first-order valence-corrected chi connectivity index (χ1v) is 7.04. The topological polar surface area (TPSA) is 61.4 Å². The number of amides is 2. The Hall–Kier alpha value is -1.66. The molecule has 0 unspecified atom stereocenters. The highest BCUT2D eigenvalue weighted by Crippen LogP contribution is 2.19. The molecule has 114 valence electrons. The van der Waals surface area contributed by atoms with Gasteiger partial charge in [0.05, 0.1) is 18.1 Å². The Morgan fingerprint density at radius 1 is 1.33 bits per heavy atom. The van der Waals surface area contributed by atoms with Crippen LogP contribution >= 0.6 is 11.6 Å². The molecule has 1 aliphatic rings. The molecule has 0 saturated heterocycles. The first-order chi connectivity index (χ1) is 9.94. The van der Waals surface area contributed by atoms with Crippen LogP contribution in [0.3, 0.4) is 0 Å². The molecule has 0 atom stereocenters. The van der Waals surface area contributed by atoms with E-state index < -0.39 is 5.82 Å². The highest BCUT2D eigenvalue weighted by Gasteiger charge is 2.23. The zero-order valence-electron chi connectivity index (χ0n) is 11.7. The van der Waals surface area contributed by atoms with Crippen molar-refractivity contribution >= 4 is 29.1 Å². The van der Waals surface area contributed by atoms with Crippen molar-refractivity contribution in [2.24, 2.45) is 0 Å². The molecular weight excluding hydrogens is 297 g/mol. The monoisotopic (exact) mass is 313 g/mol. The highest BCUT2D eigenvalue weighted by molar-refractivity contribution is 6.31. The van der Waals surface area contributed by atoms with Crippen molar-refractivity contribution in [3.63, 3.8) is 0 Å². The lowest BCUT2D eigenvalue weighted by Gasteiger charge is -2.16. The first kappa shape index (κ1) is 15.7. The van der Waals surface area contributed by atoms with Crippen LogP contribution in [0.4, 0.5) is 10.1 Å². The third kappa shape index (κ3) is 5.32. The molecule has 1 saturated carbocycles. The normalized spacial score (nSPS) is 14.1. The summed E-state index contributed by atoms with van der Waals surface area (Å²) in [7, 11) is 1.68. The molecule has 0 heterocycles. The van der Waals surface area contributed by atoms with E-state index in [-0.39, 0.29) is 29.9 Å². The lowest BCUT2D eigenvalue weighted by Crippen LogP contribution is -2.39. The molecule has 2 amide bonds. The average Bonchev–Trinajstić information content (AvgIpc) is 3.17. The molecule has 2 N–H and O–H groups in total. The maximum atomic E-state index is 13.0. The van der Waals surface area contributed by atoms with E-state index in [9.17, 15) is 14.0 Å². The lowest BCUT2D eigenvalue weighted by molar-refractivity contribution is -0.123. The largest absolute Gasteiger partial charge is 0.352 e. The summed E-state index contributed by atoms with van der Waals surface area (Å²) in [5.41, 5.74) is 0.419. The van der Waals surface area contributed by atoms with Crippen LogP contribution in [0.25, 0.3) is 0 Å². The molecular formula is C14H17ClFN3O2. The minimum Gasteiger partial charge on any atom is -0.352 e. The van der Waals surface area contributed by atoms with Crippen LogP contribution in [0.5, 0.6) is 0 Å². The van der Waals surface area contributed by atoms with E-state index in [1.54, 1.807) is 11.9 Å². The summed E-state index contributed by atoms with van der Waals surface area (Å²) in [6.07, 6.45) is 2.06. The van der Waals surface area contributed by atoms with Crippen LogP contribution in [-0.4, -0.2) is 42.9 Å². The van der Waals surface area contributed by atoms with E-state index in [0.717, 1.165) is 12.8 Å². The number of hydrogen-bond acceptors (Lipinski definition) is 3. The average molecular weight is 314 g/mol. The van der Waals surface area contributed by atoms with Gasteiger partial charge in [-0.15, -0.1) is 0 Å². The van der Waals surface area contributed by atoms with Crippen LogP contribution in [0.15, 0.2) is 18.2 Å². The Morgan fingerprint density at radius 2 is 2.00 bits per heavy atom. The zero-order valence-corrected chi connectivity index (χ0v) is 12.4. The highest BCUT2D eigenvalue weighted by atomic mass is 35.5. The van der Waals surface area contributed by atoms with Gasteiger partial charge in [0.2, 0.25) is 11.8 Å². The summed E-state index contributed by atoms with van der Waals surface area (Å²) in [4.78, 5) is 25.0. The fourth-order valence-corrected chi connectivity index (χ4v) is 2.00. The molecule has 21 heavy (non-hydrogen) atoms. The lowest BCUT2D eigenvalue weighted by atomic mass is 10.3. The van der Waals surface area contributed by atoms with Gasteiger partial charge in [0.15, 0.2) is 0 Å². The molecule has 5 nitrogen and oxygen atoms in total. The van der Waals surface area contributed by atoms with Gasteiger partial charge in [-0.3, -0.25) is 14.5 Å². The molecule has 1 fully saturated rings. The van der Waals surface area contributed by atoms with Gasteiger partial charge in [-0.05, 0) is 38.1 Å². The van der Waals surface area contributed by atoms with Crippen molar-refractivity contribution in [2.45, 2.75) is 18.9 Å². The van der Waals surface area contributed by atoms with Crippen LogP contribution in [-0.2, 0) is 9.59 Å². The predicted octanol–water partition coefficient (Wildman–Crippen LogP) is 1.63. The van der Waals surface area contributed by atoms with Crippen LogP contribution < -0.4 is 10.6 Å². The number of halogens is 2. The molecule has 0 aliphatic heterocycles. The Bertz CT molecular complexity index is 549. The Labute approximate surface area is 127 Å². The summed E-state index contributed by atoms with van der Waals surface area (Å²) in [5, 5.41) is 5.40. The van der Waals surface area contributed by atoms with E-state index >= 15 is 0 Å². The summed E-state index contributed by atoms with van der Waals surface area (Å²) in [6.45, 7) is 0.223. The van der Waals surface area contributed by atoms with E-state index in [0.29, 0.717) is 11.7 Å². The molecule has 1 aromatic rings. The van der Waals surface area contributed by atoms with Gasteiger partial charge in [-0.25, -0.2) is 4.39 Å². The zero-order chi connectivity index (χ0) is 15.4. The van der Waals surface area contributed by atoms with E-state index in [1.165, 1.54) is 18.2 Å². The van der Waals surface area contributed by atoms with Crippen LogP contribution in [0.1, 0.15) is 12.8 Å². The van der Waals surface area contributed by atoms with E-state index in [1.807, 2.05) is 0 Å². The van der Waals surface area contributed by atoms with Gasteiger partial charge in [-0.1, -0.05) is 11.6 Å². The van der Waals surface area contributed by atoms with E-state index in [4.69, 9.17) is 11.6 Å². The maximum Gasteiger partial charge on any atom is 0.238 e. The summed E-state index contributed by atoms with van der Waals surface area (Å²) < 4.78 is 13.0. The number of carbonyl (C=O) groups excluding carboxylic acids is 2. The predicted molar refractivity (Wildman–Crippen MR) is 78.7 cm³/mol. The van der Waals surface area contributed by atoms with Crippen molar-refractivity contribution in [2.75, 3.05) is 25.5 Å². The third-order valence-corrected chi connectivity index (χ3v) is 3.26. The number of nitrogens with zero attached hydrogens (tertiary/aromatic N) is 1. The van der Waals surface area contributed by atoms with E-state index in [2.05, 4.69) is 10.6 Å². The number of anilines is 1. The number of rotatable bonds is 6. The number of nitrogens with one attached hydrogen (secondary N) is 2. The number of carbonyl (C=O) groups is 2. The molecule has 1 aliphatic carbocycles. The number of hydrogen-bond donors (Lipinski definition) is 2. The Balaban J connectivity index is 1.77. The van der Waals surface area contributed by atoms with Crippen molar-refractivity contribution in [1.82, 2.24) is 10.2 Å². The van der Waals surface area contributed by atoms with Crippen molar-refractivity contribution in [3.05, 3.63) is 29.0 Å². The van der Waals surface area contributed by atoms with Crippen molar-refractivity contribution < 1.29 is 14.0 Å². The fourth-order valence-electron chi connectivity index (χ4n) is 1.82. The second-order valence-corrected chi connectivity index (χ2v) is 5.60. The van der Waals surface area contributed by atoms with Gasteiger partial charge in [0.1, 0.15) is 5.82 Å². The summed E-state index contributed by atoms with van der Waals surface area (Å²) in [6, 6.07) is 4.26. The quantitative estimate of drug-likeness (QED) is 0.839. The van der Waals surface area contributed by atoms with Gasteiger partial charge in [-0.2, -0.15) is 0 Å². The van der Waals surface area contributed by atoms with Crippen molar-refractivity contribution in [1.29, 1.82) is 0 Å². The summed E-state index contributed by atoms with van der Waals surface area (Å²) >= 11 is 5.64. The van der Waals surface area contributed by atoms with Gasteiger partial charge in [0, 0.05) is 11.7 Å². The molecule has 2 rings (SSSR count). The molecule has 0 radical (unpaired) electrons. The first-order valence-electron chi connectivity index (χ1n) is 6.67. The molecule has 0 spiro atoms. The van der Waals surface area contributed by atoms with Crippen molar-refractivity contribution in [3.8, 4) is 0 Å². The molecule has 0 bridgehead atoms. The number of benzene rings is 1. The van der Waals surface area contributed by atoms with Crippen LogP contribution in [0, 0.1) is 5.82 Å². The Morgan fingerprint density at radius 3 is 2.62 bits per heavy atom. The molecule has 1 aromatic carbocycles. The molecule has 0 aromatic heterocycles. The molecule has 7 heteroatoms. The second kappa shape index (κ2) is 6.87. The smallest absolute Gasteiger partial charge is 0.238 e.